The summed E-state index contributed by atoms with van der Waals surface area (Å²) in [6, 6.07) is 6.05. The minimum atomic E-state index is 0.766. The molecule has 15 heavy (non-hydrogen) atoms. The summed E-state index contributed by atoms with van der Waals surface area (Å²) < 4.78 is 2.03. The van der Waals surface area contributed by atoms with Gasteiger partial charge in [0.1, 0.15) is 5.82 Å². The van der Waals surface area contributed by atoms with E-state index in [2.05, 4.69) is 18.0 Å². The lowest BCUT2D eigenvalue weighted by molar-refractivity contribution is 0.891. The van der Waals surface area contributed by atoms with E-state index < -0.39 is 0 Å². The number of hydrogen-bond donors (Lipinski definition) is 0. The van der Waals surface area contributed by atoms with Crippen molar-refractivity contribution in [3.63, 3.8) is 0 Å². The fourth-order valence-corrected chi connectivity index (χ4v) is 1.95. The molecular formula is C12H13ClN2. The summed E-state index contributed by atoms with van der Waals surface area (Å²) in [5, 5.41) is 0.766. The fraction of sp³-hybridized carbons (Fsp3) is 0.250. The van der Waals surface area contributed by atoms with Crippen LogP contribution in [0.2, 0.25) is 5.02 Å². The average molecular weight is 221 g/mol. The maximum Gasteiger partial charge on any atom is 0.112 e. The van der Waals surface area contributed by atoms with Crippen LogP contribution in [0, 0.1) is 6.92 Å². The third kappa shape index (κ3) is 1.90. The van der Waals surface area contributed by atoms with Gasteiger partial charge >= 0.3 is 0 Å². The number of imidazole rings is 1. The van der Waals surface area contributed by atoms with Crippen molar-refractivity contribution in [2.45, 2.75) is 20.3 Å². The Balaban J connectivity index is 2.54. The molecule has 3 heteroatoms. The summed E-state index contributed by atoms with van der Waals surface area (Å²) in [5.74, 6) is 1.03. The Bertz CT molecular complexity index is 474. The Morgan fingerprint density at radius 2 is 2.20 bits per heavy atom. The monoisotopic (exact) mass is 220 g/mol. The average Bonchev–Trinajstić information content (AvgIpc) is 2.65. The third-order valence-corrected chi connectivity index (χ3v) is 2.70. The molecule has 0 aliphatic carbocycles. The third-order valence-electron chi connectivity index (χ3n) is 2.40. The van der Waals surface area contributed by atoms with Crippen LogP contribution in [0.1, 0.15) is 18.3 Å². The zero-order valence-corrected chi connectivity index (χ0v) is 9.62. The predicted octanol–water partition coefficient (Wildman–Crippen LogP) is 3.40. The molecule has 2 nitrogen and oxygen atoms in total. The highest BCUT2D eigenvalue weighted by molar-refractivity contribution is 6.32. The van der Waals surface area contributed by atoms with Crippen molar-refractivity contribution >= 4 is 11.6 Å². The molecule has 0 aliphatic heterocycles. The topological polar surface area (TPSA) is 17.8 Å². The minimum Gasteiger partial charge on any atom is -0.302 e. The first-order valence-corrected chi connectivity index (χ1v) is 5.39. The van der Waals surface area contributed by atoms with Crippen LogP contribution < -0.4 is 0 Å². The van der Waals surface area contributed by atoms with Crippen molar-refractivity contribution in [2.24, 2.45) is 0 Å². The van der Waals surface area contributed by atoms with E-state index in [4.69, 9.17) is 11.6 Å². The first kappa shape index (κ1) is 10.2. The first-order valence-electron chi connectivity index (χ1n) is 5.01. The van der Waals surface area contributed by atoms with Crippen LogP contribution in [0.3, 0.4) is 0 Å². The second-order valence-electron chi connectivity index (χ2n) is 3.52. The van der Waals surface area contributed by atoms with E-state index in [1.54, 1.807) is 6.20 Å². The second kappa shape index (κ2) is 4.07. The Hall–Kier alpha value is -1.28. The van der Waals surface area contributed by atoms with Gasteiger partial charge in [-0.05, 0) is 24.6 Å². The molecular weight excluding hydrogens is 208 g/mol. The highest BCUT2D eigenvalue weighted by Gasteiger charge is 2.06. The standard InChI is InChI=1S/C12H13ClN2/c1-3-12-14-6-7-15(12)11-5-4-9(2)8-10(11)13/h4-8H,3H2,1-2H3. The molecule has 1 heterocycles. The van der Waals surface area contributed by atoms with Crippen LogP contribution in [0.5, 0.6) is 0 Å². The number of hydrogen-bond acceptors (Lipinski definition) is 1. The van der Waals surface area contributed by atoms with Gasteiger partial charge in [-0.1, -0.05) is 24.6 Å². The van der Waals surface area contributed by atoms with Gasteiger partial charge in [-0.15, -0.1) is 0 Å². The molecule has 0 spiro atoms. The van der Waals surface area contributed by atoms with Crippen LogP contribution in [0.25, 0.3) is 5.69 Å². The second-order valence-corrected chi connectivity index (χ2v) is 3.93. The SMILES string of the molecule is CCc1nccn1-c1ccc(C)cc1Cl. The van der Waals surface area contributed by atoms with Gasteiger partial charge in [0.15, 0.2) is 0 Å². The Labute approximate surface area is 94.5 Å². The van der Waals surface area contributed by atoms with Crippen molar-refractivity contribution in [2.75, 3.05) is 0 Å². The molecule has 2 aromatic rings. The Morgan fingerprint density at radius 3 is 2.87 bits per heavy atom. The molecule has 0 atom stereocenters. The first-order chi connectivity index (χ1) is 7.22. The molecule has 0 fully saturated rings. The van der Waals surface area contributed by atoms with Gasteiger partial charge in [-0.25, -0.2) is 4.98 Å². The number of halogens is 1. The van der Waals surface area contributed by atoms with Crippen LogP contribution >= 0.6 is 11.6 Å². The van der Waals surface area contributed by atoms with Crippen molar-refractivity contribution in [3.8, 4) is 5.69 Å². The normalized spacial score (nSPS) is 10.6. The molecule has 2 rings (SSSR count). The Morgan fingerprint density at radius 1 is 1.40 bits per heavy atom. The van der Waals surface area contributed by atoms with Crippen LogP contribution in [-0.2, 0) is 6.42 Å². The highest BCUT2D eigenvalue weighted by Crippen LogP contribution is 2.22. The van der Waals surface area contributed by atoms with Gasteiger partial charge < -0.3 is 4.57 Å². The molecule has 0 amide bonds. The smallest absolute Gasteiger partial charge is 0.112 e. The zero-order valence-electron chi connectivity index (χ0n) is 8.87. The van der Waals surface area contributed by atoms with Gasteiger partial charge in [-0.2, -0.15) is 0 Å². The van der Waals surface area contributed by atoms with Gasteiger partial charge in [0, 0.05) is 18.8 Å². The summed E-state index contributed by atoms with van der Waals surface area (Å²) in [6.45, 7) is 4.12. The van der Waals surface area contributed by atoms with Gasteiger partial charge in [0.2, 0.25) is 0 Å². The maximum absolute atomic E-state index is 6.20. The fourth-order valence-electron chi connectivity index (χ4n) is 1.62. The summed E-state index contributed by atoms with van der Waals surface area (Å²) in [4.78, 5) is 4.28. The molecule has 1 aromatic heterocycles. The number of nitrogens with zero attached hydrogens (tertiary/aromatic N) is 2. The highest BCUT2D eigenvalue weighted by atomic mass is 35.5. The number of aromatic nitrogens is 2. The van der Waals surface area contributed by atoms with E-state index in [0.717, 1.165) is 23.0 Å². The van der Waals surface area contributed by atoms with Crippen molar-refractivity contribution in [1.82, 2.24) is 9.55 Å². The van der Waals surface area contributed by atoms with Crippen LogP contribution in [0.15, 0.2) is 30.6 Å². The van der Waals surface area contributed by atoms with Gasteiger partial charge in [-0.3, -0.25) is 0 Å². The molecule has 0 unspecified atom stereocenters. The van der Waals surface area contributed by atoms with Crippen LogP contribution in [0.4, 0.5) is 0 Å². The van der Waals surface area contributed by atoms with Crippen molar-refractivity contribution < 1.29 is 0 Å². The summed E-state index contributed by atoms with van der Waals surface area (Å²) in [5.41, 5.74) is 2.17. The van der Waals surface area contributed by atoms with Crippen LogP contribution in [-0.4, -0.2) is 9.55 Å². The predicted molar refractivity (Wildman–Crippen MR) is 62.7 cm³/mol. The van der Waals surface area contributed by atoms with E-state index in [1.807, 2.05) is 29.8 Å². The lowest BCUT2D eigenvalue weighted by Crippen LogP contribution is -1.99. The molecule has 0 aliphatic rings. The van der Waals surface area contributed by atoms with Gasteiger partial charge in [0.25, 0.3) is 0 Å². The van der Waals surface area contributed by atoms with Crippen molar-refractivity contribution in [1.29, 1.82) is 0 Å². The molecule has 1 aromatic carbocycles. The van der Waals surface area contributed by atoms with E-state index in [9.17, 15) is 0 Å². The van der Waals surface area contributed by atoms with E-state index in [-0.39, 0.29) is 0 Å². The molecule has 78 valence electrons. The van der Waals surface area contributed by atoms with E-state index in [0.29, 0.717) is 0 Å². The lowest BCUT2D eigenvalue weighted by Gasteiger charge is -2.09. The molecule has 0 saturated heterocycles. The number of aryl methyl sites for hydroxylation is 2. The van der Waals surface area contributed by atoms with Crippen molar-refractivity contribution in [3.05, 3.63) is 47.0 Å². The van der Waals surface area contributed by atoms with E-state index in [1.165, 1.54) is 5.56 Å². The minimum absolute atomic E-state index is 0.766. The van der Waals surface area contributed by atoms with Gasteiger partial charge in [0.05, 0.1) is 10.7 Å². The number of rotatable bonds is 2. The van der Waals surface area contributed by atoms with E-state index >= 15 is 0 Å². The quantitative estimate of drug-likeness (QED) is 0.759. The zero-order chi connectivity index (χ0) is 10.8. The largest absolute Gasteiger partial charge is 0.302 e. The Kier molecular flexibility index (Phi) is 2.78. The lowest BCUT2D eigenvalue weighted by atomic mass is 10.2. The number of benzene rings is 1. The summed E-state index contributed by atoms with van der Waals surface area (Å²) in [6.07, 6.45) is 4.64. The maximum atomic E-state index is 6.20. The summed E-state index contributed by atoms with van der Waals surface area (Å²) in [7, 11) is 0. The molecule has 0 radical (unpaired) electrons. The summed E-state index contributed by atoms with van der Waals surface area (Å²) >= 11 is 6.20. The molecule has 0 N–H and O–H groups in total. The molecule has 0 bridgehead atoms. The molecule has 0 saturated carbocycles.